The number of hydrogen-bond acceptors (Lipinski definition) is 6. The predicted octanol–water partition coefficient (Wildman–Crippen LogP) is 1.43. The number of aryl methyl sites for hydroxylation is 1. The summed E-state index contributed by atoms with van der Waals surface area (Å²) in [5.41, 5.74) is 1.16. The molecule has 1 aromatic heterocycles. The molecule has 25 heavy (non-hydrogen) atoms. The van der Waals surface area contributed by atoms with Crippen LogP contribution in [-0.4, -0.2) is 46.2 Å². The van der Waals surface area contributed by atoms with Crippen LogP contribution in [-0.2, 0) is 22.5 Å². The first kappa shape index (κ1) is 17.1. The molecule has 0 saturated carbocycles. The fourth-order valence-corrected chi connectivity index (χ4v) is 2.82. The molecule has 1 saturated heterocycles. The second-order valence-electron chi connectivity index (χ2n) is 6.29. The van der Waals surface area contributed by atoms with E-state index in [1.54, 1.807) is 6.92 Å². The zero-order valence-corrected chi connectivity index (χ0v) is 14.4. The minimum Gasteiger partial charge on any atom is -0.382 e. The number of aromatic nitrogens is 2. The van der Waals surface area contributed by atoms with Gasteiger partial charge in [0.1, 0.15) is 12.1 Å². The van der Waals surface area contributed by atoms with Crippen LogP contribution in [0.1, 0.15) is 29.8 Å². The van der Waals surface area contributed by atoms with Crippen LogP contribution in [0.4, 0.5) is 4.79 Å². The Hall–Kier alpha value is -2.74. The maximum absolute atomic E-state index is 12.4. The van der Waals surface area contributed by atoms with Gasteiger partial charge in [0.15, 0.2) is 5.82 Å². The lowest BCUT2D eigenvalue weighted by atomic mass is 10.0. The van der Waals surface area contributed by atoms with Crippen molar-refractivity contribution in [3.63, 3.8) is 0 Å². The number of carbonyl (C=O) groups is 2. The molecule has 2 aromatic rings. The summed E-state index contributed by atoms with van der Waals surface area (Å²) in [5.74, 6) is 0.350. The lowest BCUT2D eigenvalue weighted by Crippen LogP contribution is -2.47. The first-order valence-electron chi connectivity index (χ1n) is 7.92. The SMILES string of the molecule is COCC1(C)NC(=O)N(Cc2nc(Cc3ccccc3C)no2)C1=O. The van der Waals surface area contributed by atoms with Crippen LogP contribution in [0, 0.1) is 6.92 Å². The number of amides is 3. The predicted molar refractivity (Wildman–Crippen MR) is 87.6 cm³/mol. The largest absolute Gasteiger partial charge is 0.382 e. The van der Waals surface area contributed by atoms with E-state index >= 15 is 0 Å². The van der Waals surface area contributed by atoms with Gasteiger partial charge < -0.3 is 14.6 Å². The molecular weight excluding hydrogens is 324 g/mol. The van der Waals surface area contributed by atoms with Crippen LogP contribution in [0.5, 0.6) is 0 Å². The van der Waals surface area contributed by atoms with Crippen molar-refractivity contribution < 1.29 is 18.8 Å². The summed E-state index contributed by atoms with van der Waals surface area (Å²) in [6, 6.07) is 7.44. The van der Waals surface area contributed by atoms with Gasteiger partial charge in [0, 0.05) is 13.5 Å². The highest BCUT2D eigenvalue weighted by Crippen LogP contribution is 2.20. The summed E-state index contributed by atoms with van der Waals surface area (Å²) < 4.78 is 10.2. The fraction of sp³-hybridized carbons (Fsp3) is 0.412. The van der Waals surface area contributed by atoms with E-state index in [9.17, 15) is 9.59 Å². The lowest BCUT2D eigenvalue weighted by Gasteiger charge is -2.19. The van der Waals surface area contributed by atoms with Gasteiger partial charge in [0.2, 0.25) is 5.89 Å². The molecule has 1 N–H and O–H groups in total. The molecule has 0 bridgehead atoms. The van der Waals surface area contributed by atoms with Gasteiger partial charge in [-0.15, -0.1) is 0 Å². The van der Waals surface area contributed by atoms with Gasteiger partial charge in [0.25, 0.3) is 5.91 Å². The Morgan fingerprint density at radius 2 is 2.08 bits per heavy atom. The van der Waals surface area contributed by atoms with E-state index < -0.39 is 11.6 Å². The highest BCUT2D eigenvalue weighted by atomic mass is 16.5. The van der Waals surface area contributed by atoms with Crippen molar-refractivity contribution in [2.24, 2.45) is 0 Å². The highest BCUT2D eigenvalue weighted by molar-refractivity contribution is 6.06. The molecule has 0 spiro atoms. The van der Waals surface area contributed by atoms with E-state index in [-0.39, 0.29) is 24.9 Å². The summed E-state index contributed by atoms with van der Waals surface area (Å²) in [4.78, 5) is 29.9. The Labute approximate surface area is 145 Å². The van der Waals surface area contributed by atoms with Crippen molar-refractivity contribution in [1.82, 2.24) is 20.4 Å². The van der Waals surface area contributed by atoms with E-state index in [0.29, 0.717) is 12.2 Å². The molecule has 0 radical (unpaired) electrons. The Balaban J connectivity index is 1.70. The number of urea groups is 1. The molecule has 8 nitrogen and oxygen atoms in total. The van der Waals surface area contributed by atoms with Crippen molar-refractivity contribution in [2.45, 2.75) is 32.4 Å². The van der Waals surface area contributed by atoms with E-state index in [4.69, 9.17) is 9.26 Å². The zero-order chi connectivity index (χ0) is 18.0. The number of ether oxygens (including phenoxy) is 1. The van der Waals surface area contributed by atoms with Gasteiger partial charge in [0.05, 0.1) is 6.61 Å². The molecule has 1 aromatic carbocycles. The third-order valence-corrected chi connectivity index (χ3v) is 4.19. The summed E-state index contributed by atoms with van der Waals surface area (Å²) in [7, 11) is 1.48. The molecule has 1 fully saturated rings. The van der Waals surface area contributed by atoms with Crippen molar-refractivity contribution >= 4 is 11.9 Å². The smallest absolute Gasteiger partial charge is 0.325 e. The van der Waals surface area contributed by atoms with Crippen molar-refractivity contribution in [3.8, 4) is 0 Å². The summed E-state index contributed by atoms with van der Waals surface area (Å²) in [6.07, 6.45) is 0.526. The van der Waals surface area contributed by atoms with Crippen LogP contribution in [0.25, 0.3) is 0 Å². The summed E-state index contributed by atoms with van der Waals surface area (Å²) >= 11 is 0. The number of nitrogens with one attached hydrogen (secondary N) is 1. The third-order valence-electron chi connectivity index (χ3n) is 4.19. The monoisotopic (exact) mass is 344 g/mol. The highest BCUT2D eigenvalue weighted by Gasteiger charge is 2.48. The summed E-state index contributed by atoms with van der Waals surface area (Å²) in [5, 5.41) is 6.56. The van der Waals surface area contributed by atoms with E-state index in [1.807, 2.05) is 31.2 Å². The Morgan fingerprint density at radius 3 is 2.80 bits per heavy atom. The molecule has 3 amide bonds. The normalized spacial score (nSPS) is 20.2. The van der Waals surface area contributed by atoms with E-state index in [0.717, 1.165) is 16.0 Å². The quantitative estimate of drug-likeness (QED) is 0.796. The average molecular weight is 344 g/mol. The topological polar surface area (TPSA) is 97.6 Å². The lowest BCUT2D eigenvalue weighted by molar-refractivity contribution is -0.133. The third kappa shape index (κ3) is 3.39. The number of rotatable bonds is 6. The van der Waals surface area contributed by atoms with Gasteiger partial charge in [-0.05, 0) is 25.0 Å². The van der Waals surface area contributed by atoms with Crippen molar-refractivity contribution in [2.75, 3.05) is 13.7 Å². The van der Waals surface area contributed by atoms with Gasteiger partial charge >= 0.3 is 6.03 Å². The second kappa shape index (κ2) is 6.64. The number of benzene rings is 1. The van der Waals surface area contributed by atoms with Crippen LogP contribution in [0.3, 0.4) is 0 Å². The standard InChI is InChI=1S/C17H20N4O4/c1-11-6-4-5-7-12(11)8-13-18-14(25-20-13)9-21-15(22)17(2,10-24-3)19-16(21)23/h4-7H,8-10H2,1-3H3,(H,19,23). The van der Waals surface area contributed by atoms with Gasteiger partial charge in [-0.3, -0.25) is 9.69 Å². The summed E-state index contributed by atoms with van der Waals surface area (Å²) in [6.45, 7) is 3.66. The Kier molecular flexibility index (Phi) is 4.54. The van der Waals surface area contributed by atoms with Gasteiger partial charge in [-0.1, -0.05) is 29.4 Å². The van der Waals surface area contributed by atoms with E-state index in [2.05, 4.69) is 15.5 Å². The molecule has 8 heteroatoms. The van der Waals surface area contributed by atoms with Crippen LogP contribution in [0.2, 0.25) is 0 Å². The molecule has 1 aliphatic rings. The average Bonchev–Trinajstić information content (AvgIpc) is 3.08. The molecule has 3 rings (SSSR count). The number of carbonyl (C=O) groups excluding carboxylic acids is 2. The number of nitrogens with zero attached hydrogens (tertiary/aromatic N) is 3. The molecule has 1 unspecified atom stereocenters. The van der Waals surface area contributed by atoms with E-state index in [1.165, 1.54) is 7.11 Å². The van der Waals surface area contributed by atoms with Crippen LogP contribution >= 0.6 is 0 Å². The number of imide groups is 1. The first-order valence-corrected chi connectivity index (χ1v) is 7.92. The molecule has 132 valence electrons. The molecular formula is C17H20N4O4. The van der Waals surface area contributed by atoms with Crippen LogP contribution in [0.15, 0.2) is 28.8 Å². The minimum atomic E-state index is -1.07. The first-order chi connectivity index (χ1) is 11.9. The number of methoxy groups -OCH3 is 1. The molecule has 2 heterocycles. The Morgan fingerprint density at radius 1 is 1.32 bits per heavy atom. The van der Waals surface area contributed by atoms with Crippen molar-refractivity contribution in [3.05, 3.63) is 47.1 Å². The van der Waals surface area contributed by atoms with Gasteiger partial charge in [-0.2, -0.15) is 4.98 Å². The van der Waals surface area contributed by atoms with Crippen molar-refractivity contribution in [1.29, 1.82) is 0 Å². The Bertz CT molecular complexity index is 803. The maximum Gasteiger partial charge on any atom is 0.325 e. The van der Waals surface area contributed by atoms with Crippen LogP contribution < -0.4 is 5.32 Å². The molecule has 0 aliphatic carbocycles. The maximum atomic E-state index is 12.4. The number of hydrogen-bond donors (Lipinski definition) is 1. The minimum absolute atomic E-state index is 0.0647. The van der Waals surface area contributed by atoms with Gasteiger partial charge in [-0.25, -0.2) is 4.79 Å². The molecule has 1 aliphatic heterocycles. The second-order valence-corrected chi connectivity index (χ2v) is 6.29. The zero-order valence-electron chi connectivity index (χ0n) is 14.4. The fourth-order valence-electron chi connectivity index (χ4n) is 2.82. The molecule has 1 atom stereocenters.